The van der Waals surface area contributed by atoms with Crippen molar-refractivity contribution in [2.45, 2.75) is 13.0 Å². The standard InChI is InChI=1S/C12H11BrFNO5/c1-6(10(16)15-12(18)19-2)20-11(17)8-5-7(13)3-4-9(8)14/h3-6H,1-2H3,(H,15,16,18)/t6-/m0/s1. The number of alkyl carbamates (subject to hydrolysis) is 1. The van der Waals surface area contributed by atoms with E-state index in [0.29, 0.717) is 4.47 Å². The van der Waals surface area contributed by atoms with Crippen molar-refractivity contribution in [2.75, 3.05) is 7.11 Å². The summed E-state index contributed by atoms with van der Waals surface area (Å²) in [6.45, 7) is 1.24. The summed E-state index contributed by atoms with van der Waals surface area (Å²) in [5.74, 6) is -2.67. The van der Waals surface area contributed by atoms with Crippen molar-refractivity contribution in [3.63, 3.8) is 0 Å². The number of ether oxygens (including phenoxy) is 2. The predicted octanol–water partition coefficient (Wildman–Crippen LogP) is 2.02. The molecule has 0 saturated carbocycles. The molecule has 1 aromatic carbocycles. The Labute approximate surface area is 122 Å². The van der Waals surface area contributed by atoms with Gasteiger partial charge in [0.25, 0.3) is 5.91 Å². The van der Waals surface area contributed by atoms with Gasteiger partial charge in [-0.15, -0.1) is 0 Å². The minimum Gasteiger partial charge on any atom is -0.453 e. The number of methoxy groups -OCH3 is 1. The molecule has 1 N–H and O–H groups in total. The highest BCUT2D eigenvalue weighted by molar-refractivity contribution is 9.10. The lowest BCUT2D eigenvalue weighted by Crippen LogP contribution is -2.39. The van der Waals surface area contributed by atoms with Gasteiger partial charge in [0.15, 0.2) is 6.10 Å². The third-order valence-electron chi connectivity index (χ3n) is 2.21. The number of carbonyl (C=O) groups is 3. The van der Waals surface area contributed by atoms with E-state index < -0.39 is 29.9 Å². The van der Waals surface area contributed by atoms with Crippen LogP contribution in [0.2, 0.25) is 0 Å². The van der Waals surface area contributed by atoms with Gasteiger partial charge >= 0.3 is 12.1 Å². The SMILES string of the molecule is COC(=O)NC(=O)[C@H](C)OC(=O)c1cc(Br)ccc1F. The smallest absolute Gasteiger partial charge is 0.413 e. The van der Waals surface area contributed by atoms with Crippen molar-refractivity contribution in [3.8, 4) is 0 Å². The second-order valence-electron chi connectivity index (χ2n) is 3.65. The Morgan fingerprint density at radius 2 is 2.00 bits per heavy atom. The highest BCUT2D eigenvalue weighted by atomic mass is 79.9. The zero-order valence-corrected chi connectivity index (χ0v) is 12.2. The molecule has 0 spiro atoms. The molecule has 0 heterocycles. The second-order valence-corrected chi connectivity index (χ2v) is 4.57. The number of hydrogen-bond donors (Lipinski definition) is 1. The molecule has 1 aromatic rings. The van der Waals surface area contributed by atoms with E-state index in [9.17, 15) is 18.8 Å². The Morgan fingerprint density at radius 1 is 1.35 bits per heavy atom. The van der Waals surface area contributed by atoms with Gasteiger partial charge in [-0.2, -0.15) is 0 Å². The fourth-order valence-electron chi connectivity index (χ4n) is 1.18. The second kappa shape index (κ2) is 6.99. The van der Waals surface area contributed by atoms with Crippen LogP contribution < -0.4 is 5.32 Å². The molecule has 0 aliphatic heterocycles. The van der Waals surface area contributed by atoms with Crippen LogP contribution in [0.15, 0.2) is 22.7 Å². The van der Waals surface area contributed by atoms with Crippen molar-refractivity contribution in [3.05, 3.63) is 34.1 Å². The van der Waals surface area contributed by atoms with Gasteiger partial charge in [-0.25, -0.2) is 14.0 Å². The van der Waals surface area contributed by atoms with Gasteiger partial charge < -0.3 is 9.47 Å². The summed E-state index contributed by atoms with van der Waals surface area (Å²) in [6.07, 6.45) is -2.26. The summed E-state index contributed by atoms with van der Waals surface area (Å²) in [5, 5.41) is 1.83. The van der Waals surface area contributed by atoms with Crippen LogP contribution in [0.1, 0.15) is 17.3 Å². The van der Waals surface area contributed by atoms with Crippen molar-refractivity contribution in [1.29, 1.82) is 0 Å². The van der Waals surface area contributed by atoms with Gasteiger partial charge in [0.2, 0.25) is 0 Å². The number of nitrogens with one attached hydrogen (secondary N) is 1. The zero-order valence-electron chi connectivity index (χ0n) is 10.6. The molecule has 0 aliphatic carbocycles. The minimum atomic E-state index is -1.28. The number of halogens is 2. The van der Waals surface area contributed by atoms with Gasteiger partial charge in [-0.05, 0) is 25.1 Å². The molecule has 0 saturated heterocycles. The van der Waals surface area contributed by atoms with E-state index in [-0.39, 0.29) is 5.56 Å². The third kappa shape index (κ3) is 4.30. The van der Waals surface area contributed by atoms with E-state index in [0.717, 1.165) is 13.2 Å². The summed E-state index contributed by atoms with van der Waals surface area (Å²) in [4.78, 5) is 34.0. The van der Waals surface area contributed by atoms with Crippen molar-refractivity contribution >= 4 is 33.9 Å². The van der Waals surface area contributed by atoms with E-state index in [1.807, 2.05) is 5.32 Å². The molecule has 6 nitrogen and oxygen atoms in total. The maximum atomic E-state index is 13.4. The van der Waals surface area contributed by atoms with Gasteiger partial charge in [-0.3, -0.25) is 10.1 Å². The molecule has 2 amide bonds. The maximum Gasteiger partial charge on any atom is 0.413 e. The van der Waals surface area contributed by atoms with Gasteiger partial charge in [0.1, 0.15) is 5.82 Å². The van der Waals surface area contributed by atoms with Gasteiger partial charge in [0.05, 0.1) is 12.7 Å². The molecule has 0 radical (unpaired) electrons. The Bertz CT molecular complexity index is 549. The van der Waals surface area contributed by atoms with E-state index in [4.69, 9.17) is 4.74 Å². The van der Waals surface area contributed by atoms with E-state index in [2.05, 4.69) is 20.7 Å². The number of amides is 2. The lowest BCUT2D eigenvalue weighted by Gasteiger charge is -2.12. The normalized spacial score (nSPS) is 11.4. The van der Waals surface area contributed by atoms with Crippen molar-refractivity contribution in [2.24, 2.45) is 0 Å². The molecule has 0 fully saturated rings. The molecular formula is C12H11BrFNO5. The lowest BCUT2D eigenvalue weighted by molar-refractivity contribution is -0.128. The average molecular weight is 348 g/mol. The van der Waals surface area contributed by atoms with Gasteiger partial charge in [0, 0.05) is 4.47 Å². The largest absolute Gasteiger partial charge is 0.453 e. The number of hydrogen-bond acceptors (Lipinski definition) is 5. The highest BCUT2D eigenvalue weighted by Gasteiger charge is 2.22. The summed E-state index contributed by atoms with van der Waals surface area (Å²) in [7, 11) is 1.08. The molecule has 108 valence electrons. The summed E-state index contributed by atoms with van der Waals surface area (Å²) >= 11 is 3.09. The fraction of sp³-hybridized carbons (Fsp3) is 0.250. The number of carbonyl (C=O) groups excluding carboxylic acids is 3. The fourth-order valence-corrected chi connectivity index (χ4v) is 1.55. The topological polar surface area (TPSA) is 81.7 Å². The maximum absolute atomic E-state index is 13.4. The molecule has 0 unspecified atom stereocenters. The van der Waals surface area contributed by atoms with Crippen LogP contribution in [-0.4, -0.2) is 31.2 Å². The Kier molecular flexibility index (Phi) is 5.63. The van der Waals surface area contributed by atoms with Crippen LogP contribution in [0.25, 0.3) is 0 Å². The summed E-state index contributed by atoms with van der Waals surface area (Å²) in [6, 6.07) is 3.72. The van der Waals surface area contributed by atoms with Crippen LogP contribution in [0.5, 0.6) is 0 Å². The molecule has 20 heavy (non-hydrogen) atoms. The molecule has 0 aromatic heterocycles. The first kappa shape index (κ1) is 16.1. The molecule has 0 aliphatic rings. The Hall–Kier alpha value is -1.96. The van der Waals surface area contributed by atoms with E-state index >= 15 is 0 Å². The summed E-state index contributed by atoms with van der Waals surface area (Å²) < 4.78 is 22.9. The van der Waals surface area contributed by atoms with E-state index in [1.54, 1.807) is 0 Å². The van der Waals surface area contributed by atoms with Crippen LogP contribution >= 0.6 is 15.9 Å². The predicted molar refractivity (Wildman–Crippen MR) is 69.5 cm³/mol. The first-order valence-electron chi connectivity index (χ1n) is 5.40. The van der Waals surface area contributed by atoms with Crippen LogP contribution in [0, 0.1) is 5.82 Å². The third-order valence-corrected chi connectivity index (χ3v) is 2.71. The zero-order chi connectivity index (χ0) is 15.3. The Balaban J connectivity index is 2.72. The van der Waals surface area contributed by atoms with Crippen LogP contribution in [-0.2, 0) is 14.3 Å². The molecule has 8 heteroatoms. The van der Waals surface area contributed by atoms with Crippen molar-refractivity contribution < 1.29 is 28.2 Å². The van der Waals surface area contributed by atoms with Crippen LogP contribution in [0.4, 0.5) is 9.18 Å². The average Bonchev–Trinajstić information content (AvgIpc) is 2.40. The van der Waals surface area contributed by atoms with E-state index in [1.165, 1.54) is 19.1 Å². The first-order valence-corrected chi connectivity index (χ1v) is 6.19. The summed E-state index contributed by atoms with van der Waals surface area (Å²) in [5.41, 5.74) is -0.322. The number of rotatable bonds is 3. The first-order chi connectivity index (χ1) is 9.35. The highest BCUT2D eigenvalue weighted by Crippen LogP contribution is 2.17. The molecule has 1 rings (SSSR count). The lowest BCUT2D eigenvalue weighted by atomic mass is 10.2. The molecule has 1 atom stereocenters. The Morgan fingerprint density at radius 3 is 2.60 bits per heavy atom. The number of esters is 1. The number of imide groups is 1. The quantitative estimate of drug-likeness (QED) is 0.846. The number of benzene rings is 1. The minimum absolute atomic E-state index is 0.322. The molecular weight excluding hydrogens is 337 g/mol. The monoisotopic (exact) mass is 347 g/mol. The molecule has 0 bridgehead atoms. The van der Waals surface area contributed by atoms with Crippen molar-refractivity contribution in [1.82, 2.24) is 5.32 Å². The van der Waals surface area contributed by atoms with Crippen LogP contribution in [0.3, 0.4) is 0 Å². The van der Waals surface area contributed by atoms with Gasteiger partial charge in [-0.1, -0.05) is 15.9 Å².